The van der Waals surface area contributed by atoms with E-state index in [1.807, 2.05) is 36.0 Å². The molecule has 2 atom stereocenters. The molecule has 1 saturated carbocycles. The zero-order valence-corrected chi connectivity index (χ0v) is 16.5. The molecule has 0 aliphatic heterocycles. The zero-order valence-electron chi connectivity index (χ0n) is 15.7. The van der Waals surface area contributed by atoms with E-state index in [-0.39, 0.29) is 5.91 Å². The summed E-state index contributed by atoms with van der Waals surface area (Å²) >= 11 is 1.96. The van der Waals surface area contributed by atoms with E-state index in [2.05, 4.69) is 23.8 Å². The number of amides is 1. The molecule has 1 aromatic carbocycles. The normalized spacial score (nSPS) is 20.4. The monoisotopic (exact) mass is 362 g/mol. The quantitative estimate of drug-likeness (QED) is 0.603. The van der Waals surface area contributed by atoms with E-state index in [1.165, 1.54) is 19.3 Å². The lowest BCUT2D eigenvalue weighted by Gasteiger charge is -2.17. The Labute approximate surface area is 155 Å². The summed E-state index contributed by atoms with van der Waals surface area (Å²) in [7, 11) is 3.53. The van der Waals surface area contributed by atoms with Gasteiger partial charge in [0.05, 0.1) is 6.54 Å². The fourth-order valence-electron chi connectivity index (χ4n) is 2.98. The van der Waals surface area contributed by atoms with Crippen LogP contribution in [0.4, 0.5) is 0 Å². The van der Waals surface area contributed by atoms with Crippen molar-refractivity contribution in [1.82, 2.24) is 15.5 Å². The lowest BCUT2D eigenvalue weighted by Crippen LogP contribution is -2.42. The number of carbonyl (C=O) groups excluding carboxylic acids is 1. The Morgan fingerprint density at radius 2 is 2.00 bits per heavy atom. The molecule has 0 radical (unpaired) electrons. The first-order valence-electron chi connectivity index (χ1n) is 8.91. The fraction of sp³-hybridized carbons (Fsp3) is 0.579. The Morgan fingerprint density at radius 3 is 2.56 bits per heavy atom. The van der Waals surface area contributed by atoms with Gasteiger partial charge in [0.2, 0.25) is 0 Å². The maximum atomic E-state index is 11.9. The molecule has 1 amide bonds. The summed E-state index contributed by atoms with van der Waals surface area (Å²) in [6, 6.07) is 8.20. The second-order valence-corrected chi connectivity index (χ2v) is 7.74. The summed E-state index contributed by atoms with van der Waals surface area (Å²) < 4.78 is 0. The number of rotatable bonds is 6. The topological polar surface area (TPSA) is 56.7 Å². The molecule has 2 rings (SSSR count). The van der Waals surface area contributed by atoms with Gasteiger partial charge in [0.15, 0.2) is 5.96 Å². The van der Waals surface area contributed by atoms with Crippen molar-refractivity contribution in [2.24, 2.45) is 4.99 Å². The molecule has 1 fully saturated rings. The molecule has 0 aromatic heterocycles. The molecule has 0 saturated heterocycles. The summed E-state index contributed by atoms with van der Waals surface area (Å²) in [5.41, 5.74) is 1.80. The lowest BCUT2D eigenvalue weighted by molar-refractivity contribution is 0.0827. The largest absolute Gasteiger partial charge is 0.357 e. The van der Waals surface area contributed by atoms with Crippen molar-refractivity contribution >= 4 is 23.6 Å². The first-order chi connectivity index (χ1) is 12.0. The van der Waals surface area contributed by atoms with Gasteiger partial charge in [-0.15, -0.1) is 0 Å². The van der Waals surface area contributed by atoms with Crippen LogP contribution < -0.4 is 10.6 Å². The molecule has 2 N–H and O–H groups in total. The van der Waals surface area contributed by atoms with E-state index in [4.69, 9.17) is 4.99 Å². The second-order valence-electron chi connectivity index (χ2n) is 6.60. The van der Waals surface area contributed by atoms with Crippen molar-refractivity contribution in [2.75, 3.05) is 26.9 Å². The highest BCUT2D eigenvalue weighted by atomic mass is 32.2. The average molecular weight is 363 g/mol. The van der Waals surface area contributed by atoms with E-state index < -0.39 is 0 Å². The zero-order chi connectivity index (χ0) is 18.2. The lowest BCUT2D eigenvalue weighted by atomic mass is 10.1. The number of nitrogens with zero attached hydrogens (tertiary/aromatic N) is 2. The molecule has 6 heteroatoms. The maximum Gasteiger partial charge on any atom is 0.253 e. The third kappa shape index (κ3) is 5.96. The summed E-state index contributed by atoms with van der Waals surface area (Å²) in [6.45, 7) is 3.53. The van der Waals surface area contributed by atoms with Crippen molar-refractivity contribution in [3.05, 3.63) is 35.4 Å². The summed E-state index contributed by atoms with van der Waals surface area (Å²) in [6.07, 6.45) is 5.88. The molecule has 1 aliphatic carbocycles. The summed E-state index contributed by atoms with van der Waals surface area (Å²) in [5, 5.41) is 7.66. The molecular formula is C19H30N4OS. The first kappa shape index (κ1) is 19.6. The number of hydrogen-bond acceptors (Lipinski definition) is 3. The number of benzene rings is 1. The minimum atomic E-state index is 0.0228. The van der Waals surface area contributed by atoms with Crippen LogP contribution in [0.3, 0.4) is 0 Å². The molecule has 2 unspecified atom stereocenters. The van der Waals surface area contributed by atoms with Gasteiger partial charge in [-0.2, -0.15) is 11.8 Å². The predicted octanol–water partition coefficient (Wildman–Crippen LogP) is 2.73. The molecule has 5 nitrogen and oxygen atoms in total. The van der Waals surface area contributed by atoms with E-state index in [0.717, 1.165) is 23.3 Å². The van der Waals surface area contributed by atoms with Crippen molar-refractivity contribution in [1.29, 1.82) is 0 Å². The van der Waals surface area contributed by atoms with Crippen LogP contribution in [0.15, 0.2) is 29.3 Å². The van der Waals surface area contributed by atoms with Crippen LogP contribution in [0.5, 0.6) is 0 Å². The third-order valence-electron chi connectivity index (χ3n) is 4.43. The standard InChI is InChI=1S/C19H30N4OS/c1-5-20-19(22-16-10-11-17(12-16)25-4)21-13-14-6-8-15(9-7-14)18(24)23(2)3/h6-9,16-17H,5,10-13H2,1-4H3,(H2,20,21,22). The van der Waals surface area contributed by atoms with Crippen molar-refractivity contribution < 1.29 is 4.79 Å². The number of nitrogens with one attached hydrogen (secondary N) is 2. The van der Waals surface area contributed by atoms with Gasteiger partial charge in [0.1, 0.15) is 0 Å². The van der Waals surface area contributed by atoms with Gasteiger partial charge in [-0.3, -0.25) is 4.79 Å². The van der Waals surface area contributed by atoms with Gasteiger partial charge in [-0.05, 0) is 50.1 Å². The van der Waals surface area contributed by atoms with Crippen LogP contribution in [0.25, 0.3) is 0 Å². The minimum absolute atomic E-state index is 0.0228. The van der Waals surface area contributed by atoms with E-state index in [1.54, 1.807) is 19.0 Å². The maximum absolute atomic E-state index is 11.9. The molecular weight excluding hydrogens is 332 g/mol. The van der Waals surface area contributed by atoms with Crippen LogP contribution in [0, 0.1) is 0 Å². The molecule has 1 aliphatic rings. The average Bonchev–Trinajstić information content (AvgIpc) is 3.07. The van der Waals surface area contributed by atoms with Crippen molar-refractivity contribution in [2.45, 2.75) is 44.0 Å². The summed E-state index contributed by atoms with van der Waals surface area (Å²) in [5.74, 6) is 0.900. The van der Waals surface area contributed by atoms with Crippen molar-refractivity contribution in [3.8, 4) is 0 Å². The minimum Gasteiger partial charge on any atom is -0.357 e. The van der Waals surface area contributed by atoms with Crippen LogP contribution in [0.2, 0.25) is 0 Å². The molecule has 0 spiro atoms. The predicted molar refractivity (Wildman–Crippen MR) is 107 cm³/mol. The number of guanidine groups is 1. The Balaban J connectivity index is 1.95. The fourth-order valence-corrected chi connectivity index (χ4v) is 3.78. The highest BCUT2D eigenvalue weighted by Gasteiger charge is 2.24. The molecule has 1 aromatic rings. The van der Waals surface area contributed by atoms with Crippen molar-refractivity contribution in [3.63, 3.8) is 0 Å². The Bertz CT molecular complexity index is 586. The van der Waals surface area contributed by atoms with Crippen LogP contribution >= 0.6 is 11.8 Å². The molecule has 0 heterocycles. The molecule has 25 heavy (non-hydrogen) atoms. The SMILES string of the molecule is CCNC(=NCc1ccc(C(=O)N(C)C)cc1)NC1CCC(SC)C1. The summed E-state index contributed by atoms with van der Waals surface area (Å²) in [4.78, 5) is 18.2. The van der Waals surface area contributed by atoms with Crippen LogP contribution in [0.1, 0.15) is 42.1 Å². The van der Waals surface area contributed by atoms with Crippen LogP contribution in [-0.4, -0.2) is 55.0 Å². The Kier molecular flexibility index (Phi) is 7.62. The third-order valence-corrected chi connectivity index (χ3v) is 5.52. The molecule has 138 valence electrons. The van der Waals surface area contributed by atoms with E-state index >= 15 is 0 Å². The number of thioether (sulfide) groups is 1. The Morgan fingerprint density at radius 1 is 1.28 bits per heavy atom. The molecule has 0 bridgehead atoms. The highest BCUT2D eigenvalue weighted by Crippen LogP contribution is 2.28. The van der Waals surface area contributed by atoms with Gasteiger partial charge < -0.3 is 15.5 Å². The number of hydrogen-bond donors (Lipinski definition) is 2. The van der Waals surface area contributed by atoms with Crippen LogP contribution in [-0.2, 0) is 6.54 Å². The van der Waals surface area contributed by atoms with E-state index in [0.29, 0.717) is 18.2 Å². The highest BCUT2D eigenvalue weighted by molar-refractivity contribution is 7.99. The van der Waals surface area contributed by atoms with Gasteiger partial charge in [0.25, 0.3) is 5.91 Å². The first-order valence-corrected chi connectivity index (χ1v) is 10.2. The van der Waals surface area contributed by atoms with E-state index in [9.17, 15) is 4.79 Å². The van der Waals surface area contributed by atoms with Gasteiger partial charge in [0, 0.05) is 37.5 Å². The van der Waals surface area contributed by atoms with Gasteiger partial charge in [-0.1, -0.05) is 12.1 Å². The number of carbonyl (C=O) groups is 1. The second kappa shape index (κ2) is 9.70. The Hall–Kier alpha value is -1.69. The van der Waals surface area contributed by atoms with Gasteiger partial charge in [-0.25, -0.2) is 4.99 Å². The van der Waals surface area contributed by atoms with Gasteiger partial charge >= 0.3 is 0 Å². The smallest absolute Gasteiger partial charge is 0.253 e. The number of aliphatic imine (C=N–C) groups is 1.